The van der Waals surface area contributed by atoms with Crippen LogP contribution in [0, 0.1) is 5.82 Å². The number of nitrogens with one attached hydrogen (secondary N) is 1. The molecule has 4 rings (SSSR count). The van der Waals surface area contributed by atoms with Crippen molar-refractivity contribution >= 4 is 29.4 Å². The number of halogens is 1. The molecule has 3 N–H and O–H groups in total. The van der Waals surface area contributed by atoms with Crippen LogP contribution in [-0.2, 0) is 11.3 Å². The number of benzene rings is 1. The van der Waals surface area contributed by atoms with E-state index in [9.17, 15) is 9.18 Å². The molecule has 1 fully saturated rings. The molecule has 0 aliphatic carbocycles. The molecule has 0 saturated carbocycles. The molecular formula is C20H20FN7O2. The van der Waals surface area contributed by atoms with Crippen LogP contribution in [-0.4, -0.2) is 39.0 Å². The second-order valence-electron chi connectivity index (χ2n) is 6.71. The van der Waals surface area contributed by atoms with Crippen LogP contribution in [0.3, 0.4) is 0 Å². The van der Waals surface area contributed by atoms with Gasteiger partial charge in [-0.3, -0.25) is 0 Å². The number of aromatic nitrogens is 4. The number of carbonyl (C=O) groups is 1. The summed E-state index contributed by atoms with van der Waals surface area (Å²) in [4.78, 5) is 31.3. The Kier molecular flexibility index (Phi) is 5.64. The quantitative estimate of drug-likeness (QED) is 0.592. The first-order valence-corrected chi connectivity index (χ1v) is 9.48. The number of anilines is 4. The standard InChI is InChI=1S/C20H20FN7O2/c21-13-5-7-14(8-6-13)24-20-26-16(25-19(22)27-20)12-30-18(29)15-4-3-9-23-17(15)28-10-1-2-11-28/h3-9H,1-2,10-12H2,(H3,22,24,25,26,27). The van der Waals surface area contributed by atoms with E-state index in [0.29, 0.717) is 17.1 Å². The van der Waals surface area contributed by atoms with Gasteiger partial charge in [0.2, 0.25) is 11.9 Å². The molecule has 1 saturated heterocycles. The predicted molar refractivity (Wildman–Crippen MR) is 109 cm³/mol. The molecule has 3 aromatic rings. The van der Waals surface area contributed by atoms with Crippen LogP contribution in [0.1, 0.15) is 29.0 Å². The lowest BCUT2D eigenvalue weighted by atomic mass is 10.2. The molecule has 10 heteroatoms. The largest absolute Gasteiger partial charge is 0.454 e. The summed E-state index contributed by atoms with van der Waals surface area (Å²) in [5.41, 5.74) is 6.72. The van der Waals surface area contributed by atoms with Crippen molar-refractivity contribution in [1.82, 2.24) is 19.9 Å². The molecule has 0 bridgehead atoms. The monoisotopic (exact) mass is 409 g/mol. The molecule has 30 heavy (non-hydrogen) atoms. The Bertz CT molecular complexity index is 1040. The third-order valence-electron chi connectivity index (χ3n) is 4.54. The molecule has 1 aromatic carbocycles. The van der Waals surface area contributed by atoms with Gasteiger partial charge in [-0.05, 0) is 49.2 Å². The lowest BCUT2D eigenvalue weighted by Gasteiger charge is -2.18. The number of hydrogen-bond donors (Lipinski definition) is 2. The van der Waals surface area contributed by atoms with E-state index in [0.717, 1.165) is 25.9 Å². The fraction of sp³-hybridized carbons (Fsp3) is 0.250. The van der Waals surface area contributed by atoms with Gasteiger partial charge in [-0.2, -0.15) is 15.0 Å². The first-order chi connectivity index (χ1) is 14.6. The number of pyridine rings is 1. The van der Waals surface area contributed by atoms with Gasteiger partial charge in [-0.1, -0.05) is 0 Å². The zero-order chi connectivity index (χ0) is 20.9. The second kappa shape index (κ2) is 8.68. The second-order valence-corrected chi connectivity index (χ2v) is 6.71. The summed E-state index contributed by atoms with van der Waals surface area (Å²) in [6.45, 7) is 1.54. The van der Waals surface area contributed by atoms with Gasteiger partial charge in [0.25, 0.3) is 0 Å². The maximum absolute atomic E-state index is 13.1. The molecule has 0 amide bonds. The van der Waals surface area contributed by atoms with Crippen molar-refractivity contribution in [2.24, 2.45) is 0 Å². The number of nitrogen functional groups attached to an aromatic ring is 1. The fourth-order valence-electron chi connectivity index (χ4n) is 3.17. The highest BCUT2D eigenvalue weighted by atomic mass is 19.1. The van der Waals surface area contributed by atoms with Gasteiger partial charge in [-0.25, -0.2) is 14.2 Å². The smallest absolute Gasteiger partial charge is 0.342 e. The highest BCUT2D eigenvalue weighted by Crippen LogP contribution is 2.23. The van der Waals surface area contributed by atoms with Crippen LogP contribution >= 0.6 is 0 Å². The van der Waals surface area contributed by atoms with E-state index in [4.69, 9.17) is 10.5 Å². The number of ether oxygens (including phenoxy) is 1. The molecule has 2 aromatic heterocycles. The van der Waals surface area contributed by atoms with Crippen LogP contribution in [0.2, 0.25) is 0 Å². The van der Waals surface area contributed by atoms with E-state index in [1.807, 2.05) is 0 Å². The molecule has 0 atom stereocenters. The summed E-state index contributed by atoms with van der Waals surface area (Å²) in [6.07, 6.45) is 3.79. The number of rotatable bonds is 6. The number of nitrogens with zero attached hydrogens (tertiary/aromatic N) is 5. The lowest BCUT2D eigenvalue weighted by molar-refractivity contribution is 0.0462. The third kappa shape index (κ3) is 4.59. The normalized spacial score (nSPS) is 13.3. The molecule has 154 valence electrons. The van der Waals surface area contributed by atoms with Crippen molar-refractivity contribution in [1.29, 1.82) is 0 Å². The van der Waals surface area contributed by atoms with Crippen LogP contribution in [0.25, 0.3) is 0 Å². The van der Waals surface area contributed by atoms with Gasteiger partial charge in [-0.15, -0.1) is 0 Å². The molecule has 1 aliphatic heterocycles. The number of carbonyl (C=O) groups excluding carboxylic acids is 1. The van der Waals surface area contributed by atoms with E-state index in [1.54, 1.807) is 18.3 Å². The van der Waals surface area contributed by atoms with Crippen LogP contribution in [0.5, 0.6) is 0 Å². The number of esters is 1. The van der Waals surface area contributed by atoms with Crippen molar-refractivity contribution in [2.75, 3.05) is 29.0 Å². The zero-order valence-electron chi connectivity index (χ0n) is 16.1. The van der Waals surface area contributed by atoms with Crippen LogP contribution in [0.15, 0.2) is 42.6 Å². The van der Waals surface area contributed by atoms with Crippen molar-refractivity contribution < 1.29 is 13.9 Å². The van der Waals surface area contributed by atoms with Gasteiger partial charge in [0.05, 0.1) is 0 Å². The topological polar surface area (TPSA) is 119 Å². The predicted octanol–water partition coefficient (Wildman–Crippen LogP) is 2.69. The van der Waals surface area contributed by atoms with Gasteiger partial charge >= 0.3 is 5.97 Å². The average Bonchev–Trinajstić information content (AvgIpc) is 3.28. The third-order valence-corrected chi connectivity index (χ3v) is 4.54. The average molecular weight is 409 g/mol. The Morgan fingerprint density at radius 3 is 2.67 bits per heavy atom. The van der Waals surface area contributed by atoms with Crippen molar-refractivity contribution in [3.8, 4) is 0 Å². The molecule has 0 radical (unpaired) electrons. The molecule has 3 heterocycles. The summed E-state index contributed by atoms with van der Waals surface area (Å²) in [5.74, 6) is 0.0732. The van der Waals surface area contributed by atoms with Gasteiger partial charge in [0.1, 0.15) is 17.2 Å². The van der Waals surface area contributed by atoms with Crippen molar-refractivity contribution in [3.63, 3.8) is 0 Å². The van der Waals surface area contributed by atoms with Crippen molar-refractivity contribution in [2.45, 2.75) is 19.4 Å². The van der Waals surface area contributed by atoms with Crippen LogP contribution in [0.4, 0.5) is 27.8 Å². The SMILES string of the molecule is Nc1nc(COC(=O)c2cccnc2N2CCCC2)nc(Nc2ccc(F)cc2)n1. The van der Waals surface area contributed by atoms with Gasteiger partial charge in [0, 0.05) is 25.0 Å². The maximum atomic E-state index is 13.1. The summed E-state index contributed by atoms with van der Waals surface area (Å²) in [7, 11) is 0. The van der Waals surface area contributed by atoms with E-state index in [1.165, 1.54) is 24.3 Å². The maximum Gasteiger partial charge on any atom is 0.342 e. The Balaban J connectivity index is 1.45. The highest BCUT2D eigenvalue weighted by molar-refractivity contribution is 5.94. The first kappa shape index (κ1) is 19.5. The first-order valence-electron chi connectivity index (χ1n) is 9.48. The minimum Gasteiger partial charge on any atom is -0.454 e. The molecule has 9 nitrogen and oxygen atoms in total. The number of hydrogen-bond acceptors (Lipinski definition) is 9. The Morgan fingerprint density at radius 1 is 1.13 bits per heavy atom. The Labute approximate surface area is 172 Å². The summed E-state index contributed by atoms with van der Waals surface area (Å²) < 4.78 is 18.5. The highest BCUT2D eigenvalue weighted by Gasteiger charge is 2.21. The molecule has 0 unspecified atom stereocenters. The summed E-state index contributed by atoms with van der Waals surface area (Å²) in [5, 5.41) is 2.91. The van der Waals surface area contributed by atoms with Gasteiger partial charge in [0.15, 0.2) is 12.4 Å². The zero-order valence-corrected chi connectivity index (χ0v) is 16.1. The minimum atomic E-state index is -0.517. The molecule has 1 aliphatic rings. The van der Waals surface area contributed by atoms with E-state index in [-0.39, 0.29) is 30.1 Å². The summed E-state index contributed by atoms with van der Waals surface area (Å²) >= 11 is 0. The Morgan fingerprint density at radius 2 is 1.90 bits per heavy atom. The Hall–Kier alpha value is -3.82. The molecule has 0 spiro atoms. The lowest BCUT2D eigenvalue weighted by Crippen LogP contribution is -2.22. The van der Waals surface area contributed by atoms with E-state index in [2.05, 4.69) is 30.2 Å². The number of nitrogens with two attached hydrogens (primary N) is 1. The molecular weight excluding hydrogens is 389 g/mol. The van der Waals surface area contributed by atoms with E-state index >= 15 is 0 Å². The fourth-order valence-corrected chi connectivity index (χ4v) is 3.17. The minimum absolute atomic E-state index is 0.0280. The van der Waals surface area contributed by atoms with Crippen LogP contribution < -0.4 is 16.0 Å². The van der Waals surface area contributed by atoms with Crippen molar-refractivity contribution in [3.05, 3.63) is 59.8 Å². The van der Waals surface area contributed by atoms with Gasteiger partial charge < -0.3 is 20.7 Å². The summed E-state index contributed by atoms with van der Waals surface area (Å²) in [6, 6.07) is 9.07. The van der Waals surface area contributed by atoms with E-state index < -0.39 is 5.97 Å².